The fourth-order valence-electron chi connectivity index (χ4n) is 3.64. The lowest BCUT2D eigenvalue weighted by molar-refractivity contribution is -0.000178. The first-order chi connectivity index (χ1) is 12.1. The van der Waals surface area contributed by atoms with Gasteiger partial charge in [-0.15, -0.1) is 0 Å². The molecule has 0 amide bonds. The van der Waals surface area contributed by atoms with E-state index in [1.54, 1.807) is 12.5 Å². The van der Waals surface area contributed by atoms with Crippen molar-refractivity contribution in [3.63, 3.8) is 0 Å². The lowest BCUT2D eigenvalue weighted by Gasteiger charge is -2.39. The van der Waals surface area contributed by atoms with Gasteiger partial charge in [-0.3, -0.25) is 0 Å². The third-order valence-corrected chi connectivity index (χ3v) is 5.15. The fourth-order valence-corrected chi connectivity index (χ4v) is 3.64. The lowest BCUT2D eigenvalue weighted by atomic mass is 9.91. The molecule has 25 heavy (non-hydrogen) atoms. The highest BCUT2D eigenvalue weighted by Gasteiger charge is 2.33. The Morgan fingerprint density at radius 2 is 2.16 bits per heavy atom. The highest BCUT2D eigenvalue weighted by atomic mass is 16.5. The number of nitrogen functional groups attached to an aromatic ring is 1. The molecule has 0 bridgehead atoms. The standard InChI is InChI=1S/C17H24N6O2/c18-16-20-14(13-1-8-25-10-13)9-15(21-16)23-5-2-17(24,3-6-23)11-22-7-4-19-12-22/h4,7,9,12-13,24H,1-3,5-6,8,10-11H2,(H2,18,20,21)/t13-/m1/s1. The predicted octanol–water partition coefficient (Wildman–Crippen LogP) is 0.791. The normalized spacial score (nSPS) is 23.1. The van der Waals surface area contributed by atoms with Gasteiger partial charge in [-0.05, 0) is 19.3 Å². The quantitative estimate of drug-likeness (QED) is 0.845. The molecule has 0 unspecified atom stereocenters. The lowest BCUT2D eigenvalue weighted by Crippen LogP contribution is -2.47. The third-order valence-electron chi connectivity index (χ3n) is 5.15. The summed E-state index contributed by atoms with van der Waals surface area (Å²) in [5, 5.41) is 10.8. The minimum Gasteiger partial charge on any atom is -0.388 e. The SMILES string of the molecule is Nc1nc([C@@H]2CCOC2)cc(N2CCC(O)(Cn3ccnc3)CC2)n1. The number of nitrogens with two attached hydrogens (primary N) is 1. The highest BCUT2D eigenvalue weighted by molar-refractivity contribution is 5.45. The molecule has 2 aliphatic rings. The van der Waals surface area contributed by atoms with Crippen molar-refractivity contribution >= 4 is 11.8 Å². The third kappa shape index (κ3) is 3.59. The van der Waals surface area contributed by atoms with Crippen LogP contribution in [0.2, 0.25) is 0 Å². The van der Waals surface area contributed by atoms with E-state index in [0.717, 1.165) is 37.6 Å². The molecule has 2 aromatic rings. The maximum Gasteiger partial charge on any atom is 0.222 e. The van der Waals surface area contributed by atoms with Gasteiger partial charge in [0.15, 0.2) is 0 Å². The zero-order valence-electron chi connectivity index (χ0n) is 14.2. The van der Waals surface area contributed by atoms with Crippen LogP contribution < -0.4 is 10.6 Å². The molecule has 8 nitrogen and oxygen atoms in total. The first-order valence-electron chi connectivity index (χ1n) is 8.77. The summed E-state index contributed by atoms with van der Waals surface area (Å²) in [6.07, 6.45) is 7.68. The number of hydrogen-bond acceptors (Lipinski definition) is 7. The first-order valence-corrected chi connectivity index (χ1v) is 8.77. The van der Waals surface area contributed by atoms with E-state index >= 15 is 0 Å². The molecule has 2 saturated heterocycles. The van der Waals surface area contributed by atoms with Crippen LogP contribution >= 0.6 is 0 Å². The van der Waals surface area contributed by atoms with E-state index in [9.17, 15) is 5.11 Å². The maximum absolute atomic E-state index is 10.8. The fraction of sp³-hybridized carbons (Fsp3) is 0.588. The number of nitrogens with zero attached hydrogens (tertiary/aromatic N) is 5. The van der Waals surface area contributed by atoms with Crippen molar-refractivity contribution in [1.82, 2.24) is 19.5 Å². The first kappa shape index (κ1) is 16.3. The molecule has 0 aromatic carbocycles. The van der Waals surface area contributed by atoms with Gasteiger partial charge in [-0.25, -0.2) is 9.97 Å². The molecule has 134 valence electrons. The molecule has 2 aromatic heterocycles. The Morgan fingerprint density at radius 1 is 1.32 bits per heavy atom. The maximum atomic E-state index is 10.8. The highest BCUT2D eigenvalue weighted by Crippen LogP contribution is 2.30. The Balaban J connectivity index is 1.45. The number of aliphatic hydroxyl groups is 1. The minimum absolute atomic E-state index is 0.298. The van der Waals surface area contributed by atoms with Gasteiger partial charge in [0.1, 0.15) is 5.82 Å². The van der Waals surface area contributed by atoms with Crippen molar-refractivity contribution in [3.8, 4) is 0 Å². The Hall–Kier alpha value is -2.19. The van der Waals surface area contributed by atoms with Gasteiger partial charge < -0.3 is 25.0 Å². The van der Waals surface area contributed by atoms with Crippen molar-refractivity contribution in [3.05, 3.63) is 30.5 Å². The summed E-state index contributed by atoms with van der Waals surface area (Å²) in [5.41, 5.74) is 6.18. The molecule has 2 fully saturated rings. The summed E-state index contributed by atoms with van der Waals surface area (Å²) >= 11 is 0. The average Bonchev–Trinajstić information content (AvgIpc) is 3.28. The molecule has 1 atom stereocenters. The van der Waals surface area contributed by atoms with Gasteiger partial charge in [0.05, 0.1) is 30.8 Å². The van der Waals surface area contributed by atoms with Crippen LogP contribution in [-0.2, 0) is 11.3 Å². The van der Waals surface area contributed by atoms with Gasteiger partial charge in [0, 0.05) is 44.1 Å². The van der Waals surface area contributed by atoms with Crippen LogP contribution in [0.3, 0.4) is 0 Å². The molecule has 2 aliphatic heterocycles. The van der Waals surface area contributed by atoms with E-state index in [4.69, 9.17) is 10.5 Å². The van der Waals surface area contributed by atoms with Crippen molar-refractivity contribution in [2.24, 2.45) is 0 Å². The second-order valence-electron chi connectivity index (χ2n) is 7.02. The number of imidazole rings is 1. The summed E-state index contributed by atoms with van der Waals surface area (Å²) in [5.74, 6) is 1.45. The summed E-state index contributed by atoms with van der Waals surface area (Å²) < 4.78 is 7.39. The van der Waals surface area contributed by atoms with Crippen LogP contribution in [0.5, 0.6) is 0 Å². The number of rotatable bonds is 4. The van der Waals surface area contributed by atoms with Crippen LogP contribution in [0, 0.1) is 0 Å². The Labute approximate surface area is 146 Å². The van der Waals surface area contributed by atoms with Gasteiger partial charge in [-0.1, -0.05) is 0 Å². The zero-order valence-corrected chi connectivity index (χ0v) is 14.2. The summed E-state index contributed by atoms with van der Waals surface area (Å²) in [6.45, 7) is 3.51. The van der Waals surface area contributed by atoms with Crippen molar-refractivity contribution < 1.29 is 9.84 Å². The number of aromatic nitrogens is 4. The second-order valence-corrected chi connectivity index (χ2v) is 7.02. The second kappa shape index (κ2) is 6.61. The van der Waals surface area contributed by atoms with Gasteiger partial charge in [0.25, 0.3) is 0 Å². The number of piperidine rings is 1. The van der Waals surface area contributed by atoms with Gasteiger partial charge in [-0.2, -0.15) is 4.98 Å². The molecule has 4 rings (SSSR count). The molecular weight excluding hydrogens is 320 g/mol. The van der Waals surface area contributed by atoms with E-state index in [-0.39, 0.29) is 0 Å². The Kier molecular flexibility index (Phi) is 4.30. The Morgan fingerprint density at radius 3 is 2.84 bits per heavy atom. The van der Waals surface area contributed by atoms with Crippen LogP contribution in [0.1, 0.15) is 30.9 Å². The van der Waals surface area contributed by atoms with Crippen molar-refractivity contribution in [2.75, 3.05) is 36.9 Å². The number of anilines is 2. The van der Waals surface area contributed by atoms with E-state index in [1.165, 1.54) is 0 Å². The van der Waals surface area contributed by atoms with Crippen molar-refractivity contribution in [1.29, 1.82) is 0 Å². The summed E-state index contributed by atoms with van der Waals surface area (Å²) in [6, 6.07) is 2.02. The van der Waals surface area contributed by atoms with Crippen LogP contribution in [0.4, 0.5) is 11.8 Å². The van der Waals surface area contributed by atoms with Crippen LogP contribution in [-0.4, -0.2) is 56.5 Å². The summed E-state index contributed by atoms with van der Waals surface area (Å²) in [4.78, 5) is 15.0. The van der Waals surface area contributed by atoms with Gasteiger partial charge in [0.2, 0.25) is 5.95 Å². The van der Waals surface area contributed by atoms with E-state index < -0.39 is 5.60 Å². The molecule has 0 saturated carbocycles. The minimum atomic E-state index is -0.710. The summed E-state index contributed by atoms with van der Waals surface area (Å²) in [7, 11) is 0. The molecular formula is C17H24N6O2. The number of hydrogen-bond donors (Lipinski definition) is 2. The van der Waals surface area contributed by atoms with Gasteiger partial charge >= 0.3 is 0 Å². The van der Waals surface area contributed by atoms with E-state index in [1.807, 2.05) is 16.8 Å². The number of ether oxygens (including phenoxy) is 1. The molecule has 4 heterocycles. The van der Waals surface area contributed by atoms with Crippen LogP contribution in [0.15, 0.2) is 24.8 Å². The van der Waals surface area contributed by atoms with Crippen molar-refractivity contribution in [2.45, 2.75) is 37.3 Å². The van der Waals surface area contributed by atoms with E-state index in [2.05, 4.69) is 19.9 Å². The van der Waals surface area contributed by atoms with E-state index in [0.29, 0.717) is 37.9 Å². The molecule has 8 heteroatoms. The largest absolute Gasteiger partial charge is 0.388 e. The van der Waals surface area contributed by atoms with Crippen LogP contribution in [0.25, 0.3) is 0 Å². The predicted molar refractivity (Wildman–Crippen MR) is 93.2 cm³/mol. The molecule has 3 N–H and O–H groups in total. The Bertz CT molecular complexity index is 706. The molecule has 0 radical (unpaired) electrons. The molecule has 0 spiro atoms. The molecule has 0 aliphatic carbocycles. The average molecular weight is 344 g/mol. The topological polar surface area (TPSA) is 102 Å². The monoisotopic (exact) mass is 344 g/mol. The smallest absolute Gasteiger partial charge is 0.222 e. The zero-order chi connectivity index (χ0) is 17.3.